The number of nitrogens with zero attached hydrogens (tertiary/aromatic N) is 2. The molecule has 0 aliphatic carbocycles. The van der Waals surface area contributed by atoms with Crippen LogP contribution in [0.25, 0.3) is 0 Å². The number of hydrogen-bond acceptors (Lipinski definition) is 4. The monoisotopic (exact) mass is 483 g/mol. The Labute approximate surface area is 199 Å². The molecule has 0 fully saturated rings. The summed E-state index contributed by atoms with van der Waals surface area (Å²) in [6.07, 6.45) is 1.80. The van der Waals surface area contributed by atoms with Crippen LogP contribution in [-0.4, -0.2) is 40.5 Å². The van der Waals surface area contributed by atoms with Gasteiger partial charge in [-0.05, 0) is 48.7 Å². The van der Waals surface area contributed by atoms with E-state index in [1.807, 2.05) is 6.07 Å². The van der Waals surface area contributed by atoms with Gasteiger partial charge >= 0.3 is 0 Å². The van der Waals surface area contributed by atoms with Crippen molar-refractivity contribution in [1.29, 1.82) is 0 Å². The zero-order chi connectivity index (χ0) is 23.3. The van der Waals surface area contributed by atoms with Crippen LogP contribution in [0.1, 0.15) is 12.0 Å². The lowest BCUT2D eigenvalue weighted by Gasteiger charge is -2.25. The average molecular weight is 484 g/mol. The first kappa shape index (κ1) is 23.1. The molecule has 1 aliphatic rings. The number of sulfonamides is 1. The summed E-state index contributed by atoms with van der Waals surface area (Å²) in [6, 6.07) is 23.0. The molecule has 8 heteroatoms. The van der Waals surface area contributed by atoms with Gasteiger partial charge in [-0.3, -0.25) is 9.10 Å². The second-order valence-corrected chi connectivity index (χ2v) is 10.1. The highest BCUT2D eigenvalue weighted by Gasteiger charge is 2.28. The summed E-state index contributed by atoms with van der Waals surface area (Å²) in [7, 11) is -3.97. The number of nitrogens with one attached hydrogen (secondary N) is 1. The smallest absolute Gasteiger partial charge is 0.264 e. The Balaban J connectivity index is 1.40. The van der Waals surface area contributed by atoms with Gasteiger partial charge in [0.2, 0.25) is 5.91 Å². The second-order valence-electron chi connectivity index (χ2n) is 7.85. The van der Waals surface area contributed by atoms with E-state index in [4.69, 9.17) is 11.6 Å². The van der Waals surface area contributed by atoms with Crippen molar-refractivity contribution in [2.45, 2.75) is 17.7 Å². The maximum Gasteiger partial charge on any atom is 0.264 e. The minimum Gasteiger partial charge on any atom is -0.371 e. The van der Waals surface area contributed by atoms with Crippen molar-refractivity contribution < 1.29 is 13.2 Å². The first-order valence-corrected chi connectivity index (χ1v) is 12.7. The molecule has 1 N–H and O–H groups in total. The normalized spacial score (nSPS) is 12.9. The van der Waals surface area contributed by atoms with E-state index in [0.29, 0.717) is 6.54 Å². The quantitative estimate of drug-likeness (QED) is 0.465. The van der Waals surface area contributed by atoms with Gasteiger partial charge in [0.1, 0.15) is 6.54 Å². The second kappa shape index (κ2) is 10.3. The van der Waals surface area contributed by atoms with Crippen molar-refractivity contribution in [2.75, 3.05) is 35.4 Å². The van der Waals surface area contributed by atoms with Gasteiger partial charge in [-0.2, -0.15) is 0 Å². The summed E-state index contributed by atoms with van der Waals surface area (Å²) in [5.74, 6) is -0.378. The van der Waals surface area contributed by atoms with Crippen LogP contribution in [0, 0.1) is 0 Å². The first-order chi connectivity index (χ1) is 16.0. The van der Waals surface area contributed by atoms with Crippen molar-refractivity contribution in [1.82, 2.24) is 5.32 Å². The van der Waals surface area contributed by atoms with Gasteiger partial charge in [-0.1, -0.05) is 60.1 Å². The summed E-state index contributed by atoms with van der Waals surface area (Å²) < 4.78 is 27.7. The van der Waals surface area contributed by atoms with E-state index < -0.39 is 10.0 Å². The summed E-state index contributed by atoms with van der Waals surface area (Å²) >= 11 is 6.29. The van der Waals surface area contributed by atoms with Gasteiger partial charge < -0.3 is 10.2 Å². The summed E-state index contributed by atoms with van der Waals surface area (Å²) in [5, 5.41) is 3.12. The maximum atomic E-state index is 13.3. The lowest BCUT2D eigenvalue weighted by Crippen LogP contribution is -2.41. The number of hydrogen-bond donors (Lipinski definition) is 1. The molecule has 172 valence electrons. The van der Waals surface area contributed by atoms with Gasteiger partial charge in [0.15, 0.2) is 0 Å². The molecular weight excluding hydrogens is 458 g/mol. The Hall–Kier alpha value is -3.03. The van der Waals surface area contributed by atoms with E-state index >= 15 is 0 Å². The maximum absolute atomic E-state index is 13.3. The molecule has 0 unspecified atom stereocenters. The van der Waals surface area contributed by atoms with Crippen LogP contribution in [0.15, 0.2) is 83.8 Å². The highest BCUT2D eigenvalue weighted by molar-refractivity contribution is 7.92. The van der Waals surface area contributed by atoms with E-state index in [1.165, 1.54) is 23.4 Å². The van der Waals surface area contributed by atoms with Crippen LogP contribution in [0.3, 0.4) is 0 Å². The van der Waals surface area contributed by atoms with E-state index in [9.17, 15) is 13.2 Å². The average Bonchev–Trinajstić information content (AvgIpc) is 3.24. The largest absolute Gasteiger partial charge is 0.371 e. The van der Waals surface area contributed by atoms with Crippen LogP contribution in [0.2, 0.25) is 5.02 Å². The van der Waals surface area contributed by atoms with E-state index in [1.54, 1.807) is 42.5 Å². The Morgan fingerprint density at radius 2 is 1.67 bits per heavy atom. The first-order valence-electron chi connectivity index (χ1n) is 10.9. The standard InChI is InChI=1S/C25H26ClN3O3S/c26-22-12-5-7-14-24(22)29(33(31,32)21-10-2-1-3-11-21)19-25(30)27-16-8-17-28-18-15-20-9-4-6-13-23(20)28/h1-7,9-14H,8,15-19H2,(H,27,30). The fraction of sp³-hybridized carbons (Fsp3) is 0.240. The zero-order valence-corrected chi connectivity index (χ0v) is 19.7. The molecule has 4 rings (SSSR count). The minimum absolute atomic E-state index is 0.102. The van der Waals surface area contributed by atoms with E-state index in [-0.39, 0.29) is 28.1 Å². The molecule has 1 aliphatic heterocycles. The van der Waals surface area contributed by atoms with Crippen LogP contribution in [0.5, 0.6) is 0 Å². The number of anilines is 2. The molecule has 0 atom stereocenters. The summed E-state index contributed by atoms with van der Waals surface area (Å²) in [5.41, 5.74) is 2.87. The Bertz CT molecular complexity index is 1220. The van der Waals surface area contributed by atoms with Crippen LogP contribution >= 0.6 is 11.6 Å². The molecule has 0 saturated carbocycles. The zero-order valence-electron chi connectivity index (χ0n) is 18.2. The molecule has 1 amide bonds. The molecule has 33 heavy (non-hydrogen) atoms. The third-order valence-corrected chi connectivity index (χ3v) is 7.74. The van der Waals surface area contributed by atoms with Crippen molar-refractivity contribution >= 4 is 38.9 Å². The number of rotatable bonds is 9. The molecular formula is C25H26ClN3O3S. The fourth-order valence-electron chi connectivity index (χ4n) is 4.00. The molecule has 3 aromatic carbocycles. The Kier molecular flexibility index (Phi) is 7.20. The Morgan fingerprint density at radius 1 is 0.970 bits per heavy atom. The molecule has 3 aromatic rings. The van der Waals surface area contributed by atoms with Crippen molar-refractivity contribution in [2.24, 2.45) is 0 Å². The highest BCUT2D eigenvalue weighted by atomic mass is 35.5. The fourth-order valence-corrected chi connectivity index (χ4v) is 5.75. The third-order valence-electron chi connectivity index (χ3n) is 5.65. The molecule has 0 spiro atoms. The molecule has 0 aromatic heterocycles. The molecule has 6 nitrogen and oxygen atoms in total. The number of halogens is 1. The summed E-state index contributed by atoms with van der Waals surface area (Å²) in [6.45, 7) is 1.91. The predicted molar refractivity (Wildman–Crippen MR) is 132 cm³/mol. The molecule has 1 heterocycles. The third kappa shape index (κ3) is 5.31. The number of para-hydroxylation sites is 2. The number of carbonyl (C=O) groups is 1. The van der Waals surface area contributed by atoms with Crippen molar-refractivity contribution in [3.63, 3.8) is 0 Å². The van der Waals surface area contributed by atoms with Gasteiger partial charge in [0.25, 0.3) is 10.0 Å². The van der Waals surface area contributed by atoms with Gasteiger partial charge in [-0.15, -0.1) is 0 Å². The SMILES string of the molecule is O=C(CN(c1ccccc1Cl)S(=O)(=O)c1ccccc1)NCCCN1CCc2ccccc21. The summed E-state index contributed by atoms with van der Waals surface area (Å²) in [4.78, 5) is 15.2. The van der Waals surface area contributed by atoms with Crippen molar-refractivity contribution in [3.05, 3.63) is 89.4 Å². The molecule has 0 radical (unpaired) electrons. The lowest BCUT2D eigenvalue weighted by atomic mass is 10.2. The predicted octanol–water partition coefficient (Wildman–Crippen LogP) is 4.10. The minimum atomic E-state index is -3.97. The van der Waals surface area contributed by atoms with E-state index in [0.717, 1.165) is 30.2 Å². The van der Waals surface area contributed by atoms with Gasteiger partial charge in [0.05, 0.1) is 15.6 Å². The van der Waals surface area contributed by atoms with Crippen LogP contribution in [-0.2, 0) is 21.2 Å². The number of carbonyl (C=O) groups excluding carboxylic acids is 1. The van der Waals surface area contributed by atoms with Crippen LogP contribution < -0.4 is 14.5 Å². The van der Waals surface area contributed by atoms with Gasteiger partial charge in [0, 0.05) is 25.3 Å². The van der Waals surface area contributed by atoms with Crippen molar-refractivity contribution in [3.8, 4) is 0 Å². The number of fused-ring (bicyclic) bond motifs is 1. The van der Waals surface area contributed by atoms with Crippen LogP contribution in [0.4, 0.5) is 11.4 Å². The molecule has 0 saturated heterocycles. The molecule has 0 bridgehead atoms. The highest BCUT2D eigenvalue weighted by Crippen LogP contribution is 2.30. The lowest BCUT2D eigenvalue weighted by molar-refractivity contribution is -0.119. The topological polar surface area (TPSA) is 69.7 Å². The number of amides is 1. The van der Waals surface area contributed by atoms with Gasteiger partial charge in [-0.25, -0.2) is 8.42 Å². The number of benzene rings is 3. The van der Waals surface area contributed by atoms with E-state index in [2.05, 4.69) is 28.4 Å². The Morgan fingerprint density at radius 3 is 2.45 bits per heavy atom.